The van der Waals surface area contributed by atoms with E-state index in [1.165, 1.54) is 30.3 Å². The maximum Gasteiger partial charge on any atom is 0.234 e. The topological polar surface area (TPSA) is 63.1 Å². The molecule has 0 atom stereocenters. The largest absolute Gasteiger partial charge is 0.372 e. The average Bonchev–Trinajstić information content (AvgIpc) is 3.40. The summed E-state index contributed by atoms with van der Waals surface area (Å²) in [5, 5.41) is 11.7. The molecule has 2 heterocycles. The van der Waals surface area contributed by atoms with Gasteiger partial charge in [-0.1, -0.05) is 30.0 Å². The highest BCUT2D eigenvalue weighted by molar-refractivity contribution is 7.99. The van der Waals surface area contributed by atoms with Crippen molar-refractivity contribution in [1.82, 2.24) is 14.8 Å². The van der Waals surface area contributed by atoms with Crippen LogP contribution in [0.15, 0.2) is 66.1 Å². The van der Waals surface area contributed by atoms with E-state index < -0.39 is 0 Å². The standard InChI is InChI=1S/C20H21N5OS/c26-19(22-16-8-10-17(11-9-16)24-12-4-5-13-24)14-27-20-23-21-15-25(20)18-6-2-1-3-7-18/h1-3,6-11,15H,4-5,12-14H2,(H,22,26). The summed E-state index contributed by atoms with van der Waals surface area (Å²) in [4.78, 5) is 14.7. The van der Waals surface area contributed by atoms with Crippen molar-refractivity contribution in [2.45, 2.75) is 18.0 Å². The molecule has 1 N–H and O–H groups in total. The molecule has 6 nitrogen and oxygen atoms in total. The van der Waals surface area contributed by atoms with Gasteiger partial charge in [0, 0.05) is 30.2 Å². The van der Waals surface area contributed by atoms with Gasteiger partial charge in [0.15, 0.2) is 5.16 Å². The molecule has 0 unspecified atom stereocenters. The molecule has 1 aliphatic heterocycles. The Labute approximate surface area is 162 Å². The number of carbonyl (C=O) groups excluding carboxylic acids is 1. The normalized spacial score (nSPS) is 13.7. The van der Waals surface area contributed by atoms with Crippen LogP contribution < -0.4 is 10.2 Å². The Kier molecular flexibility index (Phi) is 5.39. The average molecular weight is 379 g/mol. The van der Waals surface area contributed by atoms with E-state index in [1.807, 2.05) is 47.0 Å². The fourth-order valence-electron chi connectivity index (χ4n) is 3.15. The first-order chi connectivity index (χ1) is 13.3. The Bertz CT molecular complexity index is 888. The third-order valence-electron chi connectivity index (χ3n) is 4.51. The van der Waals surface area contributed by atoms with E-state index in [-0.39, 0.29) is 11.7 Å². The van der Waals surface area contributed by atoms with Crippen LogP contribution in [-0.2, 0) is 4.79 Å². The van der Waals surface area contributed by atoms with Gasteiger partial charge >= 0.3 is 0 Å². The summed E-state index contributed by atoms with van der Waals surface area (Å²) in [5.41, 5.74) is 3.01. The van der Waals surface area contributed by atoms with Crippen molar-refractivity contribution < 1.29 is 4.79 Å². The number of anilines is 2. The highest BCUT2D eigenvalue weighted by Gasteiger charge is 2.13. The molecule has 0 radical (unpaired) electrons. The van der Waals surface area contributed by atoms with E-state index in [1.54, 1.807) is 6.33 Å². The van der Waals surface area contributed by atoms with E-state index >= 15 is 0 Å². The van der Waals surface area contributed by atoms with Gasteiger partial charge in [-0.05, 0) is 49.2 Å². The summed E-state index contributed by atoms with van der Waals surface area (Å²) in [7, 11) is 0. The number of thioether (sulfide) groups is 1. The molecular weight excluding hydrogens is 358 g/mol. The van der Waals surface area contributed by atoms with Crippen LogP contribution in [0.4, 0.5) is 11.4 Å². The summed E-state index contributed by atoms with van der Waals surface area (Å²) < 4.78 is 1.88. The predicted octanol–water partition coefficient (Wildman–Crippen LogP) is 3.60. The van der Waals surface area contributed by atoms with Crippen LogP contribution in [0.5, 0.6) is 0 Å². The zero-order valence-corrected chi connectivity index (χ0v) is 15.7. The highest BCUT2D eigenvalue weighted by atomic mass is 32.2. The molecule has 4 rings (SSSR count). The Morgan fingerprint density at radius 2 is 1.74 bits per heavy atom. The summed E-state index contributed by atoms with van der Waals surface area (Å²) in [6.45, 7) is 2.23. The summed E-state index contributed by atoms with van der Waals surface area (Å²) in [6, 6.07) is 17.9. The first-order valence-electron chi connectivity index (χ1n) is 9.03. The second-order valence-electron chi connectivity index (χ2n) is 6.40. The zero-order valence-electron chi connectivity index (χ0n) is 14.9. The molecule has 0 spiro atoms. The number of benzene rings is 2. The Balaban J connectivity index is 1.33. The number of carbonyl (C=O) groups is 1. The van der Waals surface area contributed by atoms with Crippen molar-refractivity contribution in [3.8, 4) is 5.69 Å². The summed E-state index contributed by atoms with van der Waals surface area (Å²) in [6.07, 6.45) is 4.17. The number of nitrogens with zero attached hydrogens (tertiary/aromatic N) is 4. The van der Waals surface area contributed by atoms with Crippen LogP contribution in [0.2, 0.25) is 0 Å². The molecule has 1 aromatic heterocycles. The van der Waals surface area contributed by atoms with E-state index in [0.717, 1.165) is 24.5 Å². The fourth-order valence-corrected chi connectivity index (χ4v) is 3.88. The Morgan fingerprint density at radius 1 is 1.00 bits per heavy atom. The van der Waals surface area contributed by atoms with Crippen molar-refractivity contribution in [2.75, 3.05) is 29.1 Å². The molecule has 0 bridgehead atoms. The maximum absolute atomic E-state index is 12.3. The minimum absolute atomic E-state index is 0.0588. The van der Waals surface area contributed by atoms with E-state index in [9.17, 15) is 4.79 Å². The van der Waals surface area contributed by atoms with Crippen molar-refractivity contribution in [3.63, 3.8) is 0 Å². The van der Waals surface area contributed by atoms with Gasteiger partial charge in [-0.15, -0.1) is 10.2 Å². The molecule has 1 saturated heterocycles. The SMILES string of the molecule is O=C(CSc1nncn1-c1ccccc1)Nc1ccc(N2CCCC2)cc1. The smallest absolute Gasteiger partial charge is 0.234 e. The monoisotopic (exact) mass is 379 g/mol. The van der Waals surface area contributed by atoms with Gasteiger partial charge in [-0.25, -0.2) is 0 Å². The lowest BCUT2D eigenvalue weighted by Crippen LogP contribution is -2.18. The predicted molar refractivity (Wildman–Crippen MR) is 109 cm³/mol. The van der Waals surface area contributed by atoms with Gasteiger partial charge < -0.3 is 10.2 Å². The van der Waals surface area contributed by atoms with Crippen LogP contribution in [-0.4, -0.2) is 39.5 Å². The maximum atomic E-state index is 12.3. The highest BCUT2D eigenvalue weighted by Crippen LogP contribution is 2.23. The van der Waals surface area contributed by atoms with Crippen LogP contribution in [0.1, 0.15) is 12.8 Å². The lowest BCUT2D eigenvalue weighted by Gasteiger charge is -2.17. The second-order valence-corrected chi connectivity index (χ2v) is 7.34. The number of amides is 1. The van der Waals surface area contributed by atoms with E-state index in [0.29, 0.717) is 5.16 Å². The minimum Gasteiger partial charge on any atom is -0.372 e. The molecule has 1 fully saturated rings. The number of para-hydroxylation sites is 1. The first-order valence-corrected chi connectivity index (χ1v) is 10.0. The third kappa shape index (κ3) is 4.31. The molecule has 3 aromatic rings. The molecule has 0 aliphatic carbocycles. The van der Waals surface area contributed by atoms with Crippen LogP contribution in [0.25, 0.3) is 5.69 Å². The van der Waals surface area contributed by atoms with Gasteiger partial charge in [-0.2, -0.15) is 0 Å². The Morgan fingerprint density at radius 3 is 2.48 bits per heavy atom. The van der Waals surface area contributed by atoms with Crippen LogP contribution in [0, 0.1) is 0 Å². The van der Waals surface area contributed by atoms with Gasteiger partial charge in [-0.3, -0.25) is 9.36 Å². The third-order valence-corrected chi connectivity index (χ3v) is 5.45. The molecule has 27 heavy (non-hydrogen) atoms. The minimum atomic E-state index is -0.0588. The number of hydrogen-bond acceptors (Lipinski definition) is 5. The lowest BCUT2D eigenvalue weighted by molar-refractivity contribution is -0.113. The van der Waals surface area contributed by atoms with Gasteiger partial charge in [0.05, 0.1) is 5.75 Å². The van der Waals surface area contributed by atoms with E-state index in [2.05, 4.69) is 32.5 Å². The first kappa shape index (κ1) is 17.6. The number of aromatic nitrogens is 3. The summed E-state index contributed by atoms with van der Waals surface area (Å²) >= 11 is 1.37. The van der Waals surface area contributed by atoms with Gasteiger partial charge in [0.2, 0.25) is 5.91 Å². The van der Waals surface area contributed by atoms with Crippen molar-refractivity contribution in [1.29, 1.82) is 0 Å². The van der Waals surface area contributed by atoms with Crippen molar-refractivity contribution in [2.24, 2.45) is 0 Å². The molecule has 0 saturated carbocycles. The Hall–Kier alpha value is -2.80. The molecule has 2 aromatic carbocycles. The molecular formula is C20H21N5OS. The second kappa shape index (κ2) is 8.26. The number of nitrogens with one attached hydrogen (secondary N) is 1. The number of rotatable bonds is 6. The van der Waals surface area contributed by atoms with Crippen molar-refractivity contribution >= 4 is 29.0 Å². The van der Waals surface area contributed by atoms with Gasteiger partial charge in [0.1, 0.15) is 6.33 Å². The molecule has 1 aliphatic rings. The summed E-state index contributed by atoms with van der Waals surface area (Å²) in [5.74, 6) is 0.218. The van der Waals surface area contributed by atoms with Crippen LogP contribution >= 0.6 is 11.8 Å². The fraction of sp³-hybridized carbons (Fsp3) is 0.250. The van der Waals surface area contributed by atoms with Gasteiger partial charge in [0.25, 0.3) is 0 Å². The van der Waals surface area contributed by atoms with E-state index in [4.69, 9.17) is 0 Å². The molecule has 138 valence electrons. The molecule has 1 amide bonds. The van der Waals surface area contributed by atoms with Crippen molar-refractivity contribution in [3.05, 3.63) is 60.9 Å². The molecule has 7 heteroatoms. The lowest BCUT2D eigenvalue weighted by atomic mass is 10.2. The van der Waals surface area contributed by atoms with Crippen LogP contribution in [0.3, 0.4) is 0 Å². The zero-order chi connectivity index (χ0) is 18.5. The quantitative estimate of drug-likeness (QED) is 0.663. The number of hydrogen-bond donors (Lipinski definition) is 1.